The maximum Gasteiger partial charge on any atom is 0.326 e. The van der Waals surface area contributed by atoms with Gasteiger partial charge in [-0.25, -0.2) is 4.79 Å². The van der Waals surface area contributed by atoms with Crippen molar-refractivity contribution in [1.29, 1.82) is 0 Å². The van der Waals surface area contributed by atoms with Crippen LogP contribution >= 0.6 is 11.8 Å². The van der Waals surface area contributed by atoms with Gasteiger partial charge in [0.25, 0.3) is 0 Å². The Bertz CT molecular complexity index is 626. The lowest BCUT2D eigenvalue weighted by atomic mass is 10.1. The average molecular weight is 278 g/mol. The second-order valence-corrected chi connectivity index (χ2v) is 6.16. The van der Waals surface area contributed by atoms with Crippen molar-refractivity contribution in [2.45, 2.75) is 19.4 Å². The molecule has 0 aliphatic carbocycles. The second-order valence-electron chi connectivity index (χ2n) is 5.01. The Hall–Kier alpha value is -1.36. The smallest absolute Gasteiger partial charge is 0.326 e. The first-order valence-corrected chi connectivity index (χ1v) is 7.77. The molecule has 1 unspecified atom stereocenters. The summed E-state index contributed by atoms with van der Waals surface area (Å²) in [6, 6.07) is 5.74. The minimum atomic E-state index is -0.0150. The number of imidazole rings is 1. The molecule has 0 saturated carbocycles. The number of H-pyrrole nitrogens is 1. The number of hydrogen-bond donors (Lipinski definition) is 1. The molecule has 0 amide bonds. The number of hydrogen-bond acceptors (Lipinski definition) is 3. The van der Waals surface area contributed by atoms with Gasteiger partial charge in [0.15, 0.2) is 0 Å². The molecular formula is C14H18N2O2S. The fraction of sp³-hybridized carbons (Fsp3) is 0.500. The predicted octanol–water partition coefficient (Wildman–Crippen LogP) is 2.48. The Morgan fingerprint density at radius 1 is 1.53 bits per heavy atom. The molecule has 0 spiro atoms. The highest BCUT2D eigenvalue weighted by Crippen LogP contribution is 2.25. The first kappa shape index (κ1) is 12.7. The van der Waals surface area contributed by atoms with E-state index in [-0.39, 0.29) is 5.69 Å². The molecule has 2 aromatic rings. The zero-order valence-corrected chi connectivity index (χ0v) is 11.8. The number of fused-ring (bicyclic) bond motifs is 1. The van der Waals surface area contributed by atoms with Gasteiger partial charge in [-0.05, 0) is 42.4 Å². The monoisotopic (exact) mass is 278 g/mol. The van der Waals surface area contributed by atoms with Gasteiger partial charge in [0.2, 0.25) is 0 Å². The van der Waals surface area contributed by atoms with Crippen molar-refractivity contribution < 1.29 is 4.74 Å². The Morgan fingerprint density at radius 3 is 3.16 bits per heavy atom. The third-order valence-electron chi connectivity index (χ3n) is 3.68. The first-order chi connectivity index (χ1) is 9.28. The SMILES string of the molecule is COc1ccc2c(c1)[nH]c(=O)n2CC1CCCSC1. The second kappa shape index (κ2) is 5.33. The Labute approximate surface area is 116 Å². The number of thioether (sulfide) groups is 1. The fourth-order valence-corrected chi connectivity index (χ4v) is 3.80. The minimum absolute atomic E-state index is 0.0150. The van der Waals surface area contributed by atoms with E-state index < -0.39 is 0 Å². The van der Waals surface area contributed by atoms with Gasteiger partial charge in [-0.15, -0.1) is 0 Å². The van der Waals surface area contributed by atoms with Gasteiger partial charge in [-0.3, -0.25) is 4.57 Å². The molecule has 3 rings (SSSR count). The highest BCUT2D eigenvalue weighted by molar-refractivity contribution is 7.99. The molecule has 4 nitrogen and oxygen atoms in total. The zero-order valence-electron chi connectivity index (χ0n) is 11.0. The van der Waals surface area contributed by atoms with Crippen molar-refractivity contribution in [2.24, 2.45) is 5.92 Å². The van der Waals surface area contributed by atoms with E-state index in [1.165, 1.54) is 18.6 Å². The molecule has 0 bridgehead atoms. The molecule has 1 aliphatic rings. The van der Waals surface area contributed by atoms with Crippen molar-refractivity contribution >= 4 is 22.8 Å². The molecule has 1 aromatic carbocycles. The van der Waals surface area contributed by atoms with Gasteiger partial charge >= 0.3 is 5.69 Å². The summed E-state index contributed by atoms with van der Waals surface area (Å²) in [5.41, 5.74) is 1.81. The summed E-state index contributed by atoms with van der Waals surface area (Å²) in [6.45, 7) is 0.818. The topological polar surface area (TPSA) is 47.0 Å². The van der Waals surface area contributed by atoms with E-state index in [0.717, 1.165) is 29.1 Å². The van der Waals surface area contributed by atoms with Crippen molar-refractivity contribution in [2.75, 3.05) is 18.6 Å². The van der Waals surface area contributed by atoms with Crippen LogP contribution < -0.4 is 10.4 Å². The van der Waals surface area contributed by atoms with Crippen LogP contribution in [-0.2, 0) is 6.54 Å². The van der Waals surface area contributed by atoms with Crippen LogP contribution in [0.2, 0.25) is 0 Å². The first-order valence-electron chi connectivity index (χ1n) is 6.62. The third kappa shape index (κ3) is 2.52. The molecule has 1 atom stereocenters. The van der Waals surface area contributed by atoms with Crippen LogP contribution in [0.25, 0.3) is 11.0 Å². The van der Waals surface area contributed by atoms with Crippen LogP contribution in [0.15, 0.2) is 23.0 Å². The summed E-state index contributed by atoms with van der Waals surface area (Å²) >= 11 is 2.00. The summed E-state index contributed by atoms with van der Waals surface area (Å²) in [4.78, 5) is 15.0. The van der Waals surface area contributed by atoms with E-state index in [9.17, 15) is 4.79 Å². The molecule has 1 aromatic heterocycles. The largest absolute Gasteiger partial charge is 0.497 e. The molecule has 1 saturated heterocycles. The predicted molar refractivity (Wildman–Crippen MR) is 79.2 cm³/mol. The van der Waals surface area contributed by atoms with Gasteiger partial charge < -0.3 is 9.72 Å². The lowest BCUT2D eigenvalue weighted by Gasteiger charge is -2.21. The van der Waals surface area contributed by atoms with Crippen molar-refractivity contribution in [3.8, 4) is 5.75 Å². The maximum atomic E-state index is 12.1. The third-order valence-corrected chi connectivity index (χ3v) is 4.96. The fourth-order valence-electron chi connectivity index (χ4n) is 2.66. The van der Waals surface area contributed by atoms with Gasteiger partial charge in [-0.1, -0.05) is 0 Å². The molecule has 102 valence electrons. The molecule has 19 heavy (non-hydrogen) atoms. The lowest BCUT2D eigenvalue weighted by Crippen LogP contribution is -2.24. The van der Waals surface area contributed by atoms with E-state index in [0.29, 0.717) is 5.92 Å². The average Bonchev–Trinajstić information content (AvgIpc) is 2.75. The van der Waals surface area contributed by atoms with Crippen LogP contribution in [0.3, 0.4) is 0 Å². The zero-order chi connectivity index (χ0) is 13.2. The van der Waals surface area contributed by atoms with E-state index in [4.69, 9.17) is 4.74 Å². The normalized spacial score (nSPS) is 19.7. The van der Waals surface area contributed by atoms with Crippen LogP contribution in [0.5, 0.6) is 5.75 Å². The van der Waals surface area contributed by atoms with Crippen LogP contribution in [0.1, 0.15) is 12.8 Å². The molecule has 1 fully saturated rings. The number of ether oxygens (including phenoxy) is 1. The van der Waals surface area contributed by atoms with E-state index in [1.807, 2.05) is 34.5 Å². The summed E-state index contributed by atoms with van der Waals surface area (Å²) in [6.07, 6.45) is 2.49. The van der Waals surface area contributed by atoms with Crippen molar-refractivity contribution in [3.63, 3.8) is 0 Å². The minimum Gasteiger partial charge on any atom is -0.497 e. The lowest BCUT2D eigenvalue weighted by molar-refractivity contribution is 0.415. The summed E-state index contributed by atoms with van der Waals surface area (Å²) in [5, 5.41) is 0. The number of methoxy groups -OCH3 is 1. The van der Waals surface area contributed by atoms with Crippen molar-refractivity contribution in [3.05, 3.63) is 28.7 Å². The van der Waals surface area contributed by atoms with Gasteiger partial charge in [-0.2, -0.15) is 11.8 Å². The van der Waals surface area contributed by atoms with Crippen LogP contribution in [-0.4, -0.2) is 28.2 Å². The molecule has 1 aliphatic heterocycles. The number of aromatic nitrogens is 2. The Kier molecular flexibility index (Phi) is 3.55. The van der Waals surface area contributed by atoms with E-state index in [1.54, 1.807) is 7.11 Å². The number of nitrogens with one attached hydrogen (secondary N) is 1. The van der Waals surface area contributed by atoms with Gasteiger partial charge in [0.1, 0.15) is 5.75 Å². The molecule has 2 heterocycles. The Balaban J connectivity index is 1.93. The quantitative estimate of drug-likeness (QED) is 0.938. The summed E-state index contributed by atoms with van der Waals surface area (Å²) < 4.78 is 7.05. The molecule has 1 N–H and O–H groups in total. The van der Waals surface area contributed by atoms with Crippen LogP contribution in [0, 0.1) is 5.92 Å². The van der Waals surface area contributed by atoms with Gasteiger partial charge in [0, 0.05) is 12.6 Å². The molecular weight excluding hydrogens is 260 g/mol. The van der Waals surface area contributed by atoms with Gasteiger partial charge in [0.05, 0.1) is 18.1 Å². The highest BCUT2D eigenvalue weighted by atomic mass is 32.2. The highest BCUT2D eigenvalue weighted by Gasteiger charge is 2.17. The standard InChI is InChI=1S/C14H18N2O2S/c1-18-11-4-5-13-12(7-11)15-14(17)16(13)8-10-3-2-6-19-9-10/h4-5,7,10H,2-3,6,8-9H2,1H3,(H,15,17). The van der Waals surface area contributed by atoms with E-state index >= 15 is 0 Å². The number of benzene rings is 1. The number of aromatic amines is 1. The number of rotatable bonds is 3. The van der Waals surface area contributed by atoms with E-state index in [2.05, 4.69) is 4.98 Å². The Morgan fingerprint density at radius 2 is 2.42 bits per heavy atom. The van der Waals surface area contributed by atoms with Crippen molar-refractivity contribution in [1.82, 2.24) is 9.55 Å². The summed E-state index contributed by atoms with van der Waals surface area (Å²) in [5.74, 6) is 3.80. The summed E-state index contributed by atoms with van der Waals surface area (Å²) in [7, 11) is 1.63. The maximum absolute atomic E-state index is 12.1. The molecule has 5 heteroatoms. The molecule has 0 radical (unpaired) electrons. The number of nitrogens with zero attached hydrogens (tertiary/aromatic N) is 1. The van der Waals surface area contributed by atoms with Crippen LogP contribution in [0.4, 0.5) is 0 Å².